The summed E-state index contributed by atoms with van der Waals surface area (Å²) in [5, 5.41) is 14.2. The summed E-state index contributed by atoms with van der Waals surface area (Å²) in [7, 11) is 0. The van der Waals surface area contributed by atoms with Crippen molar-refractivity contribution in [1.29, 1.82) is 0 Å². The molecule has 0 spiro atoms. The zero-order chi connectivity index (χ0) is 20.3. The highest BCUT2D eigenvalue weighted by atomic mass is 32.2. The number of amides is 3. The summed E-state index contributed by atoms with van der Waals surface area (Å²) in [5.41, 5.74) is 10.8. The molecule has 10 heteroatoms. The summed E-state index contributed by atoms with van der Waals surface area (Å²) in [6.07, 6.45) is 2.68. The maximum Gasteiger partial charge on any atom is 0.326 e. The van der Waals surface area contributed by atoms with Crippen molar-refractivity contribution in [2.75, 3.05) is 12.0 Å². The normalized spacial score (nSPS) is 15.4. The number of aliphatic carboxylic acids is 1. The molecule has 0 bridgehead atoms. The fraction of sp³-hybridized carbons (Fsp3) is 0.750. The second kappa shape index (κ2) is 12.5. The molecule has 0 unspecified atom stereocenters. The van der Waals surface area contributed by atoms with E-state index >= 15 is 0 Å². The van der Waals surface area contributed by atoms with Crippen LogP contribution in [-0.2, 0) is 19.2 Å². The van der Waals surface area contributed by atoms with E-state index in [0.29, 0.717) is 18.6 Å². The number of nitrogens with one attached hydrogen (secondary N) is 2. The highest BCUT2D eigenvalue weighted by Crippen LogP contribution is 2.10. The van der Waals surface area contributed by atoms with Crippen molar-refractivity contribution < 1.29 is 24.3 Å². The zero-order valence-corrected chi connectivity index (χ0v) is 16.3. The summed E-state index contributed by atoms with van der Waals surface area (Å²) in [6, 6.07) is -2.92. The van der Waals surface area contributed by atoms with Gasteiger partial charge in [-0.25, -0.2) is 4.79 Å². The average molecular weight is 391 g/mol. The molecule has 0 saturated heterocycles. The van der Waals surface area contributed by atoms with Gasteiger partial charge in [-0.1, -0.05) is 20.3 Å². The van der Waals surface area contributed by atoms with E-state index in [9.17, 15) is 24.3 Å². The number of carboxylic acids is 1. The van der Waals surface area contributed by atoms with E-state index in [1.54, 1.807) is 18.7 Å². The van der Waals surface area contributed by atoms with Crippen LogP contribution in [0.2, 0.25) is 0 Å². The largest absolute Gasteiger partial charge is 0.480 e. The monoisotopic (exact) mass is 390 g/mol. The third kappa shape index (κ3) is 9.04. The molecular formula is C16H30N4O5S. The van der Waals surface area contributed by atoms with Crippen LogP contribution in [0.3, 0.4) is 0 Å². The molecule has 0 fully saturated rings. The van der Waals surface area contributed by atoms with Crippen molar-refractivity contribution in [1.82, 2.24) is 10.6 Å². The van der Waals surface area contributed by atoms with Crippen LogP contribution in [0.4, 0.5) is 0 Å². The average Bonchev–Trinajstić information content (AvgIpc) is 2.59. The minimum atomic E-state index is -1.27. The fourth-order valence-electron chi connectivity index (χ4n) is 2.14. The molecule has 0 aromatic heterocycles. The van der Waals surface area contributed by atoms with Crippen LogP contribution in [0, 0.1) is 5.92 Å². The minimum Gasteiger partial charge on any atom is -0.480 e. The lowest BCUT2D eigenvalue weighted by Crippen LogP contribution is -2.56. The number of hydrogen-bond acceptors (Lipinski definition) is 6. The molecule has 0 aromatic rings. The Labute approximate surface area is 158 Å². The van der Waals surface area contributed by atoms with Crippen molar-refractivity contribution in [2.45, 2.75) is 57.7 Å². The van der Waals surface area contributed by atoms with Gasteiger partial charge in [0, 0.05) is 6.42 Å². The summed E-state index contributed by atoms with van der Waals surface area (Å²) < 4.78 is 0. The van der Waals surface area contributed by atoms with Gasteiger partial charge >= 0.3 is 5.97 Å². The Bertz CT molecular complexity index is 503. The Morgan fingerprint density at radius 1 is 1.12 bits per heavy atom. The third-order valence-corrected chi connectivity index (χ3v) is 4.70. The third-order valence-electron chi connectivity index (χ3n) is 4.06. The first-order valence-electron chi connectivity index (χ1n) is 8.50. The molecule has 0 saturated carbocycles. The topological polar surface area (TPSA) is 165 Å². The molecule has 26 heavy (non-hydrogen) atoms. The first-order valence-corrected chi connectivity index (χ1v) is 9.89. The van der Waals surface area contributed by atoms with Crippen LogP contribution < -0.4 is 22.1 Å². The number of thioether (sulfide) groups is 1. The van der Waals surface area contributed by atoms with Gasteiger partial charge in [-0.15, -0.1) is 0 Å². The SMILES string of the molecule is CC[C@H](C)[C@H](NC(=O)[C@@H](N)CCSC)C(=O)N[C@@H](CCC(N)=O)C(=O)O. The van der Waals surface area contributed by atoms with Gasteiger partial charge in [-0.2, -0.15) is 11.8 Å². The number of carboxylic acid groups (broad SMARTS) is 1. The van der Waals surface area contributed by atoms with Crippen LogP contribution in [0.1, 0.15) is 39.5 Å². The number of primary amides is 1. The smallest absolute Gasteiger partial charge is 0.326 e. The van der Waals surface area contributed by atoms with Crippen molar-refractivity contribution in [3.05, 3.63) is 0 Å². The molecule has 0 aromatic carbocycles. The highest BCUT2D eigenvalue weighted by molar-refractivity contribution is 7.98. The molecule has 7 N–H and O–H groups in total. The van der Waals surface area contributed by atoms with Crippen LogP contribution in [0.15, 0.2) is 0 Å². The Hall–Kier alpha value is -1.81. The molecular weight excluding hydrogens is 360 g/mol. The van der Waals surface area contributed by atoms with Crippen molar-refractivity contribution in [3.63, 3.8) is 0 Å². The lowest BCUT2D eigenvalue weighted by Gasteiger charge is -2.26. The molecule has 0 aliphatic heterocycles. The Balaban J connectivity index is 5.03. The summed E-state index contributed by atoms with van der Waals surface area (Å²) in [5.74, 6) is -2.52. The lowest BCUT2D eigenvalue weighted by atomic mass is 9.97. The summed E-state index contributed by atoms with van der Waals surface area (Å²) in [4.78, 5) is 46.9. The van der Waals surface area contributed by atoms with Gasteiger partial charge in [0.1, 0.15) is 12.1 Å². The van der Waals surface area contributed by atoms with E-state index in [1.807, 2.05) is 13.2 Å². The van der Waals surface area contributed by atoms with Gasteiger partial charge in [-0.3, -0.25) is 14.4 Å². The molecule has 150 valence electrons. The molecule has 0 rings (SSSR count). The standard InChI is InChI=1S/C16H30N4O5S/c1-4-9(2)13(20-14(22)10(17)7-8-26-3)15(23)19-11(16(24)25)5-6-12(18)21/h9-11,13H,4-8,17H2,1-3H3,(H2,18,21)(H,19,23)(H,20,22)(H,24,25)/t9-,10-,11-,13-/m0/s1. The van der Waals surface area contributed by atoms with E-state index < -0.39 is 41.8 Å². The quantitative estimate of drug-likeness (QED) is 0.281. The molecule has 0 aliphatic rings. The maximum atomic E-state index is 12.5. The summed E-state index contributed by atoms with van der Waals surface area (Å²) in [6.45, 7) is 3.63. The second-order valence-electron chi connectivity index (χ2n) is 6.16. The van der Waals surface area contributed by atoms with Gasteiger partial charge in [-0.05, 0) is 30.8 Å². The zero-order valence-electron chi connectivity index (χ0n) is 15.5. The Kier molecular flexibility index (Phi) is 11.7. The number of hydrogen-bond donors (Lipinski definition) is 5. The number of rotatable bonds is 13. The molecule has 0 radical (unpaired) electrons. The summed E-state index contributed by atoms with van der Waals surface area (Å²) >= 11 is 1.56. The number of nitrogens with two attached hydrogens (primary N) is 2. The number of carbonyl (C=O) groups excluding carboxylic acids is 3. The maximum absolute atomic E-state index is 12.5. The van der Waals surface area contributed by atoms with Gasteiger partial charge in [0.05, 0.1) is 6.04 Å². The van der Waals surface area contributed by atoms with Crippen LogP contribution >= 0.6 is 11.8 Å². The van der Waals surface area contributed by atoms with Crippen LogP contribution in [-0.4, -0.2) is 58.9 Å². The predicted octanol–water partition coefficient (Wildman–Crippen LogP) is -0.567. The molecule has 9 nitrogen and oxygen atoms in total. The minimum absolute atomic E-state index is 0.120. The lowest BCUT2D eigenvalue weighted by molar-refractivity contribution is -0.142. The van der Waals surface area contributed by atoms with Crippen LogP contribution in [0.25, 0.3) is 0 Å². The van der Waals surface area contributed by atoms with Crippen molar-refractivity contribution in [3.8, 4) is 0 Å². The Morgan fingerprint density at radius 2 is 1.73 bits per heavy atom. The highest BCUT2D eigenvalue weighted by Gasteiger charge is 2.30. The second-order valence-corrected chi connectivity index (χ2v) is 7.15. The first-order chi connectivity index (χ1) is 12.1. The van der Waals surface area contributed by atoms with Gasteiger partial charge < -0.3 is 27.2 Å². The van der Waals surface area contributed by atoms with E-state index in [-0.39, 0.29) is 18.8 Å². The van der Waals surface area contributed by atoms with E-state index in [2.05, 4.69) is 10.6 Å². The Morgan fingerprint density at radius 3 is 2.19 bits per heavy atom. The van der Waals surface area contributed by atoms with Crippen molar-refractivity contribution >= 4 is 35.5 Å². The molecule has 4 atom stereocenters. The molecule has 0 heterocycles. The van der Waals surface area contributed by atoms with E-state index in [0.717, 1.165) is 0 Å². The fourth-order valence-corrected chi connectivity index (χ4v) is 2.63. The van der Waals surface area contributed by atoms with E-state index in [1.165, 1.54) is 0 Å². The van der Waals surface area contributed by atoms with Gasteiger partial charge in [0.25, 0.3) is 0 Å². The van der Waals surface area contributed by atoms with Gasteiger partial charge in [0.2, 0.25) is 17.7 Å². The first kappa shape index (κ1) is 24.2. The molecule has 3 amide bonds. The van der Waals surface area contributed by atoms with Gasteiger partial charge in [0.15, 0.2) is 0 Å². The molecule has 0 aliphatic carbocycles. The number of carbonyl (C=O) groups is 4. The van der Waals surface area contributed by atoms with E-state index in [4.69, 9.17) is 11.5 Å². The predicted molar refractivity (Wildman–Crippen MR) is 100 cm³/mol. The van der Waals surface area contributed by atoms with Crippen molar-refractivity contribution in [2.24, 2.45) is 17.4 Å². The van der Waals surface area contributed by atoms with Crippen LogP contribution in [0.5, 0.6) is 0 Å².